The first-order valence-corrected chi connectivity index (χ1v) is 7.03. The number of aldehydes is 1. The number of halogens is 2. The van der Waals surface area contributed by atoms with Crippen LogP contribution in [0.1, 0.15) is 36.0 Å². The van der Waals surface area contributed by atoms with Crippen LogP contribution >= 0.6 is 23.2 Å². The molecule has 0 saturated heterocycles. The Bertz CT molecular complexity index is 462. The van der Waals surface area contributed by atoms with E-state index in [2.05, 4.69) is 0 Å². The molecule has 3 nitrogen and oxygen atoms in total. The van der Waals surface area contributed by atoms with Crippen molar-refractivity contribution in [1.29, 1.82) is 0 Å². The highest BCUT2D eigenvalue weighted by molar-refractivity contribution is 6.36. The molecule has 0 N–H and O–H groups in total. The summed E-state index contributed by atoms with van der Waals surface area (Å²) in [5, 5.41) is 0.798. The second kappa shape index (κ2) is 6.60. The van der Waals surface area contributed by atoms with Crippen molar-refractivity contribution in [2.45, 2.75) is 37.9 Å². The largest absolute Gasteiger partial charge is 0.488 e. The van der Waals surface area contributed by atoms with E-state index < -0.39 is 0 Å². The minimum Gasteiger partial charge on any atom is -0.488 e. The predicted molar refractivity (Wildman–Crippen MR) is 75.5 cm³/mol. The second-order valence-electron chi connectivity index (χ2n) is 4.69. The molecule has 1 aromatic rings. The van der Waals surface area contributed by atoms with Gasteiger partial charge in [0.2, 0.25) is 0 Å². The van der Waals surface area contributed by atoms with Crippen LogP contribution in [0.3, 0.4) is 0 Å². The Hall–Kier alpha value is -0.770. The van der Waals surface area contributed by atoms with E-state index in [9.17, 15) is 4.79 Å². The topological polar surface area (TPSA) is 35.5 Å². The van der Waals surface area contributed by atoms with E-state index in [1.54, 1.807) is 19.2 Å². The quantitative estimate of drug-likeness (QED) is 0.784. The van der Waals surface area contributed by atoms with Crippen LogP contribution < -0.4 is 4.74 Å². The minimum atomic E-state index is 0.0241. The fourth-order valence-corrected chi connectivity index (χ4v) is 2.94. The summed E-state index contributed by atoms with van der Waals surface area (Å²) >= 11 is 12.0. The van der Waals surface area contributed by atoms with Crippen molar-refractivity contribution in [1.82, 2.24) is 0 Å². The number of hydrogen-bond acceptors (Lipinski definition) is 3. The zero-order chi connectivity index (χ0) is 13.8. The standard InChI is InChI=1S/C14H16Cl2O3/c1-18-11-3-2-4-12(7-11)19-14-9(8-17)5-10(15)6-13(14)16/h5-6,8,11-12H,2-4,7H2,1H3. The molecule has 0 radical (unpaired) electrons. The van der Waals surface area contributed by atoms with E-state index >= 15 is 0 Å². The Morgan fingerprint density at radius 2 is 2.00 bits per heavy atom. The lowest BCUT2D eigenvalue weighted by Gasteiger charge is -2.29. The Morgan fingerprint density at radius 3 is 2.68 bits per heavy atom. The second-order valence-corrected chi connectivity index (χ2v) is 5.53. The smallest absolute Gasteiger partial charge is 0.153 e. The van der Waals surface area contributed by atoms with E-state index in [0.29, 0.717) is 27.6 Å². The third-order valence-electron chi connectivity index (χ3n) is 3.36. The van der Waals surface area contributed by atoms with Crippen molar-refractivity contribution in [2.24, 2.45) is 0 Å². The molecule has 1 aliphatic carbocycles. The van der Waals surface area contributed by atoms with Gasteiger partial charge in [-0.05, 0) is 31.4 Å². The molecule has 104 valence electrons. The van der Waals surface area contributed by atoms with Gasteiger partial charge in [0, 0.05) is 18.6 Å². The SMILES string of the molecule is COC1CCCC(Oc2c(Cl)cc(Cl)cc2C=O)C1. The van der Waals surface area contributed by atoms with Gasteiger partial charge >= 0.3 is 0 Å². The summed E-state index contributed by atoms with van der Waals surface area (Å²) in [5.41, 5.74) is 0.386. The van der Waals surface area contributed by atoms with Gasteiger partial charge in [-0.1, -0.05) is 23.2 Å². The monoisotopic (exact) mass is 302 g/mol. The number of carbonyl (C=O) groups excluding carboxylic acids is 1. The molecule has 5 heteroatoms. The maximum Gasteiger partial charge on any atom is 0.153 e. The molecule has 1 saturated carbocycles. The minimum absolute atomic E-state index is 0.0241. The van der Waals surface area contributed by atoms with Crippen LogP contribution in [0, 0.1) is 0 Å². The number of carbonyl (C=O) groups is 1. The number of hydrogen-bond donors (Lipinski definition) is 0. The summed E-state index contributed by atoms with van der Waals surface area (Å²) in [4.78, 5) is 11.1. The first kappa shape index (κ1) is 14.6. The fraction of sp³-hybridized carbons (Fsp3) is 0.500. The van der Waals surface area contributed by atoms with Crippen LogP contribution in [0.2, 0.25) is 10.0 Å². The highest BCUT2D eigenvalue weighted by atomic mass is 35.5. The number of rotatable bonds is 4. The molecule has 0 aliphatic heterocycles. The van der Waals surface area contributed by atoms with Crippen LogP contribution in [0.15, 0.2) is 12.1 Å². The molecule has 19 heavy (non-hydrogen) atoms. The zero-order valence-electron chi connectivity index (χ0n) is 10.7. The van der Waals surface area contributed by atoms with E-state index in [1.165, 1.54) is 0 Å². The van der Waals surface area contributed by atoms with Crippen molar-refractivity contribution < 1.29 is 14.3 Å². The number of ether oxygens (including phenoxy) is 2. The lowest BCUT2D eigenvalue weighted by molar-refractivity contribution is 0.0208. The summed E-state index contributed by atoms with van der Waals surface area (Å²) in [6.07, 6.45) is 4.80. The third-order valence-corrected chi connectivity index (χ3v) is 3.86. The summed E-state index contributed by atoms with van der Waals surface area (Å²) in [6.45, 7) is 0. The average Bonchev–Trinajstić information content (AvgIpc) is 2.41. The van der Waals surface area contributed by atoms with Crippen molar-refractivity contribution >= 4 is 29.5 Å². The molecule has 0 spiro atoms. The lowest BCUT2D eigenvalue weighted by atomic mass is 9.95. The number of methoxy groups -OCH3 is 1. The van der Waals surface area contributed by atoms with Crippen LogP contribution in [-0.4, -0.2) is 25.6 Å². The van der Waals surface area contributed by atoms with Crippen molar-refractivity contribution in [3.63, 3.8) is 0 Å². The highest BCUT2D eigenvalue weighted by Crippen LogP contribution is 2.34. The van der Waals surface area contributed by atoms with Gasteiger partial charge in [-0.15, -0.1) is 0 Å². The highest BCUT2D eigenvalue weighted by Gasteiger charge is 2.24. The van der Waals surface area contributed by atoms with E-state index in [-0.39, 0.29) is 12.2 Å². The molecule has 0 amide bonds. The molecule has 2 rings (SSSR count). The van der Waals surface area contributed by atoms with Crippen molar-refractivity contribution in [2.75, 3.05) is 7.11 Å². The molecule has 0 aromatic heterocycles. The maximum atomic E-state index is 11.1. The molecular formula is C14H16Cl2O3. The predicted octanol–water partition coefficient (Wildman–Crippen LogP) is 4.14. The average molecular weight is 303 g/mol. The Morgan fingerprint density at radius 1 is 1.26 bits per heavy atom. The van der Waals surface area contributed by atoms with Crippen molar-refractivity contribution in [3.8, 4) is 5.75 Å². The lowest BCUT2D eigenvalue weighted by Crippen LogP contribution is -2.29. The van der Waals surface area contributed by atoms with E-state index in [4.69, 9.17) is 32.7 Å². The summed E-state index contributed by atoms with van der Waals surface area (Å²) < 4.78 is 11.3. The summed E-state index contributed by atoms with van der Waals surface area (Å²) in [6, 6.07) is 3.15. The summed E-state index contributed by atoms with van der Waals surface area (Å²) in [5.74, 6) is 0.419. The van der Waals surface area contributed by atoms with E-state index in [1.807, 2.05) is 0 Å². The number of benzene rings is 1. The Labute approximate surface area is 122 Å². The van der Waals surface area contributed by atoms with Gasteiger partial charge in [-0.2, -0.15) is 0 Å². The van der Waals surface area contributed by atoms with Gasteiger partial charge in [0.1, 0.15) is 11.9 Å². The van der Waals surface area contributed by atoms with Gasteiger partial charge in [0.05, 0.1) is 16.7 Å². The van der Waals surface area contributed by atoms with Crippen LogP contribution in [0.25, 0.3) is 0 Å². The first-order chi connectivity index (χ1) is 9.13. The van der Waals surface area contributed by atoms with Crippen LogP contribution in [0.4, 0.5) is 0 Å². The molecule has 0 heterocycles. The fourth-order valence-electron chi connectivity index (χ4n) is 2.38. The van der Waals surface area contributed by atoms with Gasteiger partial charge < -0.3 is 9.47 Å². The Kier molecular flexibility index (Phi) is 5.08. The van der Waals surface area contributed by atoms with Crippen LogP contribution in [-0.2, 0) is 4.74 Å². The molecule has 0 bridgehead atoms. The normalized spacial score (nSPS) is 23.1. The third kappa shape index (κ3) is 3.62. The zero-order valence-corrected chi connectivity index (χ0v) is 12.2. The first-order valence-electron chi connectivity index (χ1n) is 6.27. The van der Waals surface area contributed by atoms with Gasteiger partial charge in [0.15, 0.2) is 6.29 Å². The molecule has 1 aromatic carbocycles. The van der Waals surface area contributed by atoms with Gasteiger partial charge in [-0.3, -0.25) is 4.79 Å². The molecule has 2 atom stereocenters. The molecular weight excluding hydrogens is 287 g/mol. The molecule has 1 fully saturated rings. The van der Waals surface area contributed by atoms with E-state index in [0.717, 1.165) is 25.7 Å². The maximum absolute atomic E-state index is 11.1. The Balaban J connectivity index is 2.16. The van der Waals surface area contributed by atoms with Crippen molar-refractivity contribution in [3.05, 3.63) is 27.7 Å². The van der Waals surface area contributed by atoms with Crippen LogP contribution in [0.5, 0.6) is 5.75 Å². The van der Waals surface area contributed by atoms with Gasteiger partial charge in [0.25, 0.3) is 0 Å². The molecule has 1 aliphatic rings. The van der Waals surface area contributed by atoms with Gasteiger partial charge in [-0.25, -0.2) is 0 Å². The molecule has 2 unspecified atom stereocenters. The summed E-state index contributed by atoms with van der Waals surface area (Å²) in [7, 11) is 1.71.